The Bertz CT molecular complexity index is 625. The number of nitrogens with zero attached hydrogens (tertiary/aromatic N) is 2. The van der Waals surface area contributed by atoms with Crippen LogP contribution in [-0.2, 0) is 0 Å². The number of carbonyl (C=O) groups excluding carboxylic acids is 1. The number of hydrazine groups is 1. The summed E-state index contributed by atoms with van der Waals surface area (Å²) in [4.78, 5) is 33.3. The van der Waals surface area contributed by atoms with Crippen LogP contribution in [0.2, 0.25) is 0 Å². The van der Waals surface area contributed by atoms with Gasteiger partial charge in [0.05, 0.1) is 5.56 Å². The standard InChI is InChI=1S/C12H13N5O2/c1-7-5-8(2)15-12(14-7)17-16-11(19)9-3-4-10(18)13-6-9/h3-6H,1-2H3,(H,13,18)(H,16,19)(H,14,15,17). The fourth-order valence-electron chi connectivity index (χ4n) is 1.52. The van der Waals surface area contributed by atoms with Crippen molar-refractivity contribution in [3.05, 3.63) is 51.7 Å². The molecule has 19 heavy (non-hydrogen) atoms. The van der Waals surface area contributed by atoms with E-state index in [1.165, 1.54) is 18.3 Å². The van der Waals surface area contributed by atoms with Crippen LogP contribution in [0, 0.1) is 13.8 Å². The molecular weight excluding hydrogens is 246 g/mol. The summed E-state index contributed by atoms with van der Waals surface area (Å²) in [5, 5.41) is 0. The fraction of sp³-hybridized carbons (Fsp3) is 0.167. The van der Waals surface area contributed by atoms with Gasteiger partial charge >= 0.3 is 0 Å². The zero-order chi connectivity index (χ0) is 13.8. The zero-order valence-corrected chi connectivity index (χ0v) is 10.5. The van der Waals surface area contributed by atoms with Gasteiger partial charge in [0.2, 0.25) is 11.5 Å². The molecule has 0 aliphatic carbocycles. The van der Waals surface area contributed by atoms with Crippen molar-refractivity contribution in [2.24, 2.45) is 0 Å². The zero-order valence-electron chi connectivity index (χ0n) is 10.5. The first-order chi connectivity index (χ1) is 9.04. The SMILES string of the molecule is Cc1cc(C)nc(NNC(=O)c2ccc(=O)[nH]c2)n1. The molecule has 0 aliphatic heterocycles. The number of anilines is 1. The summed E-state index contributed by atoms with van der Waals surface area (Å²) in [6.07, 6.45) is 1.34. The Kier molecular flexibility index (Phi) is 3.56. The van der Waals surface area contributed by atoms with Crippen molar-refractivity contribution in [3.63, 3.8) is 0 Å². The predicted molar refractivity (Wildman–Crippen MR) is 69.7 cm³/mol. The Hall–Kier alpha value is -2.70. The first-order valence-corrected chi connectivity index (χ1v) is 5.62. The molecule has 7 nitrogen and oxygen atoms in total. The molecule has 0 bridgehead atoms. The van der Waals surface area contributed by atoms with Gasteiger partial charge in [-0.2, -0.15) is 0 Å². The highest BCUT2D eigenvalue weighted by Crippen LogP contribution is 2.02. The molecule has 0 aliphatic rings. The summed E-state index contributed by atoms with van der Waals surface area (Å²) in [5.41, 5.74) is 6.75. The normalized spacial score (nSPS) is 10.0. The van der Waals surface area contributed by atoms with Crippen molar-refractivity contribution in [1.29, 1.82) is 0 Å². The van der Waals surface area contributed by atoms with Gasteiger partial charge in [-0.25, -0.2) is 9.97 Å². The van der Waals surface area contributed by atoms with E-state index in [9.17, 15) is 9.59 Å². The number of hydrogen-bond donors (Lipinski definition) is 3. The number of aromatic nitrogens is 3. The Morgan fingerprint density at radius 2 is 1.89 bits per heavy atom. The Morgan fingerprint density at radius 3 is 2.47 bits per heavy atom. The minimum absolute atomic E-state index is 0.262. The number of carbonyl (C=O) groups is 1. The van der Waals surface area contributed by atoms with E-state index in [0.29, 0.717) is 11.5 Å². The van der Waals surface area contributed by atoms with Crippen LogP contribution in [0.4, 0.5) is 5.95 Å². The molecule has 2 aromatic heterocycles. The number of aromatic amines is 1. The van der Waals surface area contributed by atoms with E-state index in [0.717, 1.165) is 11.4 Å². The summed E-state index contributed by atoms with van der Waals surface area (Å²) in [7, 11) is 0. The summed E-state index contributed by atoms with van der Waals surface area (Å²) >= 11 is 0. The molecule has 98 valence electrons. The summed E-state index contributed by atoms with van der Waals surface area (Å²) in [6.45, 7) is 3.67. The van der Waals surface area contributed by atoms with E-state index >= 15 is 0 Å². The highest BCUT2D eigenvalue weighted by molar-refractivity contribution is 5.94. The molecule has 0 atom stereocenters. The van der Waals surface area contributed by atoms with Crippen LogP contribution in [0.15, 0.2) is 29.2 Å². The lowest BCUT2D eigenvalue weighted by Gasteiger charge is -2.07. The predicted octanol–water partition coefficient (Wildman–Crippen LogP) is 0.539. The summed E-state index contributed by atoms with van der Waals surface area (Å²) in [5.74, 6) is -0.0747. The maximum Gasteiger partial charge on any atom is 0.271 e. The van der Waals surface area contributed by atoms with Crippen LogP contribution in [0.1, 0.15) is 21.7 Å². The van der Waals surface area contributed by atoms with Gasteiger partial charge in [-0.3, -0.25) is 20.4 Å². The van der Waals surface area contributed by atoms with E-state index in [4.69, 9.17) is 0 Å². The van der Waals surface area contributed by atoms with Crippen LogP contribution >= 0.6 is 0 Å². The van der Waals surface area contributed by atoms with Crippen LogP contribution in [0.5, 0.6) is 0 Å². The van der Waals surface area contributed by atoms with E-state index in [2.05, 4.69) is 25.8 Å². The second-order valence-electron chi connectivity index (χ2n) is 4.00. The number of H-pyrrole nitrogens is 1. The molecule has 0 spiro atoms. The average molecular weight is 259 g/mol. The number of nitrogens with one attached hydrogen (secondary N) is 3. The van der Waals surface area contributed by atoms with Crippen molar-refractivity contribution in [1.82, 2.24) is 20.4 Å². The first-order valence-electron chi connectivity index (χ1n) is 5.62. The molecule has 2 rings (SSSR count). The molecule has 2 aromatic rings. The molecule has 0 unspecified atom stereocenters. The number of pyridine rings is 1. The quantitative estimate of drug-likeness (QED) is 0.698. The van der Waals surface area contributed by atoms with E-state index in [1.54, 1.807) is 0 Å². The third-order valence-electron chi connectivity index (χ3n) is 2.32. The molecule has 2 heterocycles. The monoisotopic (exact) mass is 259 g/mol. The van der Waals surface area contributed by atoms with Gasteiger partial charge in [0, 0.05) is 23.7 Å². The second kappa shape index (κ2) is 5.30. The maximum atomic E-state index is 11.7. The number of hydrogen-bond acceptors (Lipinski definition) is 5. The summed E-state index contributed by atoms with van der Waals surface area (Å²) < 4.78 is 0. The lowest BCUT2D eigenvalue weighted by atomic mass is 10.3. The number of rotatable bonds is 3. The van der Waals surface area contributed by atoms with Crippen LogP contribution < -0.4 is 16.4 Å². The first kappa shape index (κ1) is 12.7. The smallest absolute Gasteiger partial charge is 0.271 e. The Balaban J connectivity index is 2.04. The molecule has 3 N–H and O–H groups in total. The largest absolute Gasteiger partial charge is 0.328 e. The molecule has 0 aromatic carbocycles. The van der Waals surface area contributed by atoms with Gasteiger partial charge in [0.1, 0.15) is 0 Å². The molecular formula is C12H13N5O2. The summed E-state index contributed by atoms with van der Waals surface area (Å²) in [6, 6.07) is 4.54. The number of amides is 1. The van der Waals surface area contributed by atoms with Gasteiger partial charge in [-0.1, -0.05) is 0 Å². The van der Waals surface area contributed by atoms with Gasteiger partial charge < -0.3 is 4.98 Å². The lowest BCUT2D eigenvalue weighted by Crippen LogP contribution is -2.31. The van der Waals surface area contributed by atoms with E-state index < -0.39 is 0 Å². The molecule has 7 heteroatoms. The van der Waals surface area contributed by atoms with Crippen molar-refractivity contribution < 1.29 is 4.79 Å². The van der Waals surface area contributed by atoms with Crippen LogP contribution in [0.3, 0.4) is 0 Å². The minimum atomic E-state index is -0.390. The van der Waals surface area contributed by atoms with Gasteiger partial charge in [-0.05, 0) is 26.0 Å². The van der Waals surface area contributed by atoms with Gasteiger partial charge in [-0.15, -0.1) is 0 Å². The van der Waals surface area contributed by atoms with Crippen molar-refractivity contribution in [3.8, 4) is 0 Å². The van der Waals surface area contributed by atoms with Crippen molar-refractivity contribution in [2.75, 3.05) is 5.43 Å². The molecule has 1 amide bonds. The molecule has 0 saturated carbocycles. The Labute approximate surface area is 109 Å². The van der Waals surface area contributed by atoms with Gasteiger partial charge in [0.25, 0.3) is 5.91 Å². The average Bonchev–Trinajstić information content (AvgIpc) is 2.36. The van der Waals surface area contributed by atoms with Gasteiger partial charge in [0.15, 0.2) is 0 Å². The Morgan fingerprint density at radius 1 is 1.21 bits per heavy atom. The molecule has 0 saturated heterocycles. The highest BCUT2D eigenvalue weighted by atomic mass is 16.2. The lowest BCUT2D eigenvalue weighted by molar-refractivity contribution is 0.0962. The van der Waals surface area contributed by atoms with Crippen molar-refractivity contribution >= 4 is 11.9 Å². The topological polar surface area (TPSA) is 99.8 Å². The number of aryl methyl sites for hydroxylation is 2. The van der Waals surface area contributed by atoms with Crippen LogP contribution in [-0.4, -0.2) is 20.9 Å². The highest BCUT2D eigenvalue weighted by Gasteiger charge is 2.06. The van der Waals surface area contributed by atoms with Crippen LogP contribution in [0.25, 0.3) is 0 Å². The third kappa shape index (κ3) is 3.38. The fourth-order valence-corrected chi connectivity index (χ4v) is 1.52. The molecule has 0 radical (unpaired) electrons. The van der Waals surface area contributed by atoms with Crippen molar-refractivity contribution in [2.45, 2.75) is 13.8 Å². The third-order valence-corrected chi connectivity index (χ3v) is 2.32. The minimum Gasteiger partial charge on any atom is -0.328 e. The maximum absolute atomic E-state index is 11.7. The van der Waals surface area contributed by atoms with E-state index in [1.807, 2.05) is 19.9 Å². The second-order valence-corrected chi connectivity index (χ2v) is 4.00. The molecule has 0 fully saturated rings. The van der Waals surface area contributed by atoms with E-state index in [-0.39, 0.29) is 11.5 Å².